The molecular formula is C24H24N6OS. The van der Waals surface area contributed by atoms with E-state index in [2.05, 4.69) is 32.3 Å². The molecule has 0 saturated carbocycles. The van der Waals surface area contributed by atoms with Crippen LogP contribution in [0.1, 0.15) is 5.69 Å². The number of hydrogen-bond acceptors (Lipinski definition) is 6. The summed E-state index contributed by atoms with van der Waals surface area (Å²) in [6.07, 6.45) is 1.82. The van der Waals surface area contributed by atoms with Gasteiger partial charge in [0.25, 0.3) is 0 Å². The van der Waals surface area contributed by atoms with Crippen molar-refractivity contribution in [2.75, 3.05) is 36.8 Å². The Morgan fingerprint density at radius 1 is 0.906 bits per heavy atom. The second-order valence-electron chi connectivity index (χ2n) is 7.74. The number of para-hydroxylation sites is 2. The van der Waals surface area contributed by atoms with Crippen LogP contribution in [0.5, 0.6) is 0 Å². The lowest BCUT2D eigenvalue weighted by Gasteiger charge is -2.36. The van der Waals surface area contributed by atoms with Gasteiger partial charge in [0.15, 0.2) is 0 Å². The van der Waals surface area contributed by atoms with E-state index in [1.54, 1.807) is 0 Å². The maximum Gasteiger partial charge on any atom is 0.233 e. The third kappa shape index (κ3) is 4.05. The molecular weight excluding hydrogens is 420 g/mol. The largest absolute Gasteiger partial charge is 0.368 e. The van der Waals surface area contributed by atoms with Crippen LogP contribution in [0, 0.1) is 6.92 Å². The third-order valence-electron chi connectivity index (χ3n) is 5.74. The van der Waals surface area contributed by atoms with Crippen LogP contribution in [0.15, 0.2) is 71.9 Å². The minimum atomic E-state index is 0.129. The summed E-state index contributed by atoms with van der Waals surface area (Å²) in [5.74, 6) is 0.460. The summed E-state index contributed by atoms with van der Waals surface area (Å²) in [7, 11) is 0. The number of nitrogens with zero attached hydrogens (tertiary/aromatic N) is 6. The van der Waals surface area contributed by atoms with Gasteiger partial charge >= 0.3 is 0 Å². The van der Waals surface area contributed by atoms with Gasteiger partial charge < -0.3 is 9.80 Å². The molecule has 1 aliphatic rings. The summed E-state index contributed by atoms with van der Waals surface area (Å²) < 4.78 is 1.88. The zero-order chi connectivity index (χ0) is 21.9. The first-order chi connectivity index (χ1) is 15.7. The van der Waals surface area contributed by atoms with Crippen molar-refractivity contribution in [3.05, 3.63) is 72.6 Å². The van der Waals surface area contributed by atoms with E-state index < -0.39 is 0 Å². The molecule has 2 aromatic heterocycles. The monoisotopic (exact) mass is 444 g/mol. The highest BCUT2D eigenvalue weighted by Crippen LogP contribution is 2.29. The van der Waals surface area contributed by atoms with Gasteiger partial charge in [-0.05, 0) is 31.2 Å². The van der Waals surface area contributed by atoms with Gasteiger partial charge in [0, 0.05) is 37.3 Å². The molecule has 0 spiro atoms. The van der Waals surface area contributed by atoms with E-state index in [0.29, 0.717) is 5.75 Å². The van der Waals surface area contributed by atoms with E-state index in [9.17, 15) is 4.79 Å². The molecule has 1 amide bonds. The molecule has 4 aromatic rings. The van der Waals surface area contributed by atoms with Gasteiger partial charge in [-0.25, -0.2) is 4.68 Å². The molecule has 1 saturated heterocycles. The molecule has 3 heterocycles. The van der Waals surface area contributed by atoms with Crippen LogP contribution in [0.4, 0.5) is 5.69 Å². The van der Waals surface area contributed by atoms with Gasteiger partial charge in [0.05, 0.1) is 23.3 Å². The van der Waals surface area contributed by atoms with Gasteiger partial charge in [-0.1, -0.05) is 48.2 Å². The lowest BCUT2D eigenvalue weighted by molar-refractivity contribution is -0.128. The van der Waals surface area contributed by atoms with Gasteiger partial charge in [-0.15, -0.1) is 5.10 Å². The fraction of sp³-hybridized carbons (Fsp3) is 0.250. The second-order valence-corrected chi connectivity index (χ2v) is 8.70. The number of fused-ring (bicyclic) bond motifs is 1. The number of amides is 1. The number of benzene rings is 2. The number of anilines is 1. The van der Waals surface area contributed by atoms with Crippen molar-refractivity contribution in [3.63, 3.8) is 0 Å². The normalized spacial score (nSPS) is 14.2. The summed E-state index contributed by atoms with van der Waals surface area (Å²) in [5.41, 5.74) is 3.89. The number of piperazine rings is 1. The zero-order valence-electron chi connectivity index (χ0n) is 17.9. The van der Waals surface area contributed by atoms with Crippen LogP contribution in [0.3, 0.4) is 0 Å². The second kappa shape index (κ2) is 9.00. The fourth-order valence-corrected chi connectivity index (χ4v) is 4.85. The van der Waals surface area contributed by atoms with Crippen molar-refractivity contribution < 1.29 is 4.79 Å². The number of carbonyl (C=O) groups is 1. The molecule has 5 rings (SSSR count). The van der Waals surface area contributed by atoms with Crippen molar-refractivity contribution in [1.82, 2.24) is 24.9 Å². The molecule has 1 fully saturated rings. The zero-order valence-corrected chi connectivity index (χ0v) is 18.7. The minimum Gasteiger partial charge on any atom is -0.368 e. The maximum atomic E-state index is 12.9. The number of carbonyl (C=O) groups excluding carboxylic acids is 1. The molecule has 0 bridgehead atoms. The van der Waals surface area contributed by atoms with Gasteiger partial charge in [-0.2, -0.15) is 10.2 Å². The Balaban J connectivity index is 1.29. The van der Waals surface area contributed by atoms with Crippen LogP contribution < -0.4 is 4.90 Å². The third-order valence-corrected chi connectivity index (χ3v) is 6.68. The molecule has 162 valence electrons. The van der Waals surface area contributed by atoms with Gasteiger partial charge in [0.2, 0.25) is 5.91 Å². The Hall–Kier alpha value is -3.39. The lowest BCUT2D eigenvalue weighted by atomic mass is 10.2. The Bertz CT molecular complexity index is 1220. The quantitative estimate of drug-likeness (QED) is 0.439. The molecule has 0 atom stereocenters. The highest BCUT2D eigenvalue weighted by atomic mass is 32.2. The number of hydrogen-bond donors (Lipinski definition) is 0. The van der Waals surface area contributed by atoms with Crippen LogP contribution >= 0.6 is 11.8 Å². The van der Waals surface area contributed by atoms with Crippen molar-refractivity contribution in [2.24, 2.45) is 0 Å². The summed E-state index contributed by atoms with van der Waals surface area (Å²) >= 11 is 1.43. The van der Waals surface area contributed by atoms with Crippen LogP contribution in [-0.2, 0) is 4.79 Å². The molecule has 8 heteroatoms. The summed E-state index contributed by atoms with van der Waals surface area (Å²) in [4.78, 5) is 17.2. The predicted octanol–water partition coefficient (Wildman–Crippen LogP) is 3.56. The molecule has 1 aliphatic heterocycles. The molecule has 7 nitrogen and oxygen atoms in total. The summed E-state index contributed by atoms with van der Waals surface area (Å²) in [6, 6.07) is 20.3. The van der Waals surface area contributed by atoms with Crippen molar-refractivity contribution in [3.8, 4) is 5.69 Å². The van der Waals surface area contributed by atoms with E-state index in [-0.39, 0.29) is 5.91 Å². The maximum absolute atomic E-state index is 12.9. The highest BCUT2D eigenvalue weighted by molar-refractivity contribution is 8.00. The number of rotatable bonds is 5. The van der Waals surface area contributed by atoms with Gasteiger partial charge in [0.1, 0.15) is 10.5 Å². The van der Waals surface area contributed by atoms with E-state index in [4.69, 9.17) is 0 Å². The number of aromatic nitrogens is 4. The van der Waals surface area contributed by atoms with E-state index in [1.165, 1.54) is 17.4 Å². The van der Waals surface area contributed by atoms with Gasteiger partial charge in [-0.3, -0.25) is 4.79 Å². The van der Waals surface area contributed by atoms with Crippen molar-refractivity contribution in [1.29, 1.82) is 0 Å². The first kappa shape index (κ1) is 20.5. The van der Waals surface area contributed by atoms with Crippen LogP contribution in [-0.4, -0.2) is 62.7 Å². The molecule has 2 aromatic carbocycles. The number of thioether (sulfide) groups is 1. The Labute approximate surface area is 191 Å². The van der Waals surface area contributed by atoms with E-state index in [0.717, 1.165) is 53.5 Å². The Morgan fingerprint density at radius 2 is 1.56 bits per heavy atom. The fourth-order valence-electron chi connectivity index (χ4n) is 3.98. The number of aryl methyl sites for hydroxylation is 1. The van der Waals surface area contributed by atoms with E-state index >= 15 is 0 Å². The standard InChI is InChI=1S/C24H24N6OS/c1-18-21-16-25-30(20-10-6-3-7-11-20)23(21)24(27-26-18)32-17-22(31)29-14-12-28(13-15-29)19-8-4-2-5-9-19/h2-11,16H,12-15,17H2,1H3. The first-order valence-corrected chi connectivity index (χ1v) is 11.7. The first-order valence-electron chi connectivity index (χ1n) is 10.7. The average molecular weight is 445 g/mol. The topological polar surface area (TPSA) is 67.2 Å². The van der Waals surface area contributed by atoms with Crippen LogP contribution in [0.2, 0.25) is 0 Å². The molecule has 0 radical (unpaired) electrons. The lowest BCUT2D eigenvalue weighted by Crippen LogP contribution is -2.49. The predicted molar refractivity (Wildman–Crippen MR) is 127 cm³/mol. The Morgan fingerprint density at radius 3 is 2.25 bits per heavy atom. The summed E-state index contributed by atoms with van der Waals surface area (Å²) in [6.45, 7) is 5.07. The Kier molecular flexibility index (Phi) is 5.77. The molecule has 0 unspecified atom stereocenters. The van der Waals surface area contributed by atoms with Crippen LogP contribution in [0.25, 0.3) is 16.6 Å². The molecule has 32 heavy (non-hydrogen) atoms. The molecule has 0 aliphatic carbocycles. The minimum absolute atomic E-state index is 0.129. The highest BCUT2D eigenvalue weighted by Gasteiger charge is 2.22. The van der Waals surface area contributed by atoms with Crippen molar-refractivity contribution >= 4 is 34.3 Å². The SMILES string of the molecule is Cc1nnc(SCC(=O)N2CCN(c3ccccc3)CC2)c2c1cnn2-c1ccccc1. The average Bonchev–Trinajstić information content (AvgIpc) is 3.31. The smallest absolute Gasteiger partial charge is 0.233 e. The van der Waals surface area contributed by atoms with Crippen molar-refractivity contribution in [2.45, 2.75) is 11.9 Å². The summed E-state index contributed by atoms with van der Waals surface area (Å²) in [5, 5.41) is 14.9. The molecule has 0 N–H and O–H groups in total. The van der Waals surface area contributed by atoms with E-state index in [1.807, 2.05) is 71.2 Å².